The van der Waals surface area contributed by atoms with Crippen LogP contribution in [0.1, 0.15) is 35.4 Å². The zero-order valence-corrected chi connectivity index (χ0v) is 17.6. The molecule has 0 atom stereocenters. The summed E-state index contributed by atoms with van der Waals surface area (Å²) in [6.45, 7) is 6.65. The zero-order valence-electron chi connectivity index (χ0n) is 17.6. The fraction of sp³-hybridized carbons (Fsp3) is 0.292. The average molecular weight is 402 g/mol. The Morgan fingerprint density at radius 2 is 1.87 bits per heavy atom. The van der Waals surface area contributed by atoms with Crippen molar-refractivity contribution < 1.29 is 9.59 Å². The van der Waals surface area contributed by atoms with Crippen molar-refractivity contribution in [2.24, 2.45) is 0 Å². The zero-order chi connectivity index (χ0) is 21.3. The summed E-state index contributed by atoms with van der Waals surface area (Å²) in [6.07, 6.45) is 1.76. The summed E-state index contributed by atoms with van der Waals surface area (Å²) in [7, 11) is 0. The molecule has 30 heavy (non-hydrogen) atoms. The molecule has 0 spiro atoms. The number of anilines is 2. The molecule has 1 N–H and O–H groups in total. The first kappa shape index (κ1) is 19.9. The van der Waals surface area contributed by atoms with Crippen LogP contribution in [0, 0.1) is 20.8 Å². The van der Waals surface area contributed by atoms with Gasteiger partial charge in [0.05, 0.1) is 17.8 Å². The number of para-hydroxylation sites is 1. The molecule has 2 aromatic carbocycles. The van der Waals surface area contributed by atoms with Crippen LogP contribution >= 0.6 is 0 Å². The molecular formula is C24H26N4O2. The Balaban J connectivity index is 1.48. The Hall–Kier alpha value is -3.41. The first-order chi connectivity index (χ1) is 14.4. The predicted octanol–water partition coefficient (Wildman–Crippen LogP) is 4.11. The molecule has 0 bridgehead atoms. The number of nitrogens with zero attached hydrogens (tertiary/aromatic N) is 3. The maximum absolute atomic E-state index is 12.7. The summed E-state index contributed by atoms with van der Waals surface area (Å²) in [6, 6.07) is 15.6. The molecule has 0 radical (unpaired) electrons. The van der Waals surface area contributed by atoms with E-state index in [2.05, 4.69) is 10.4 Å². The fourth-order valence-electron chi connectivity index (χ4n) is 4.06. The van der Waals surface area contributed by atoms with Gasteiger partial charge in [-0.2, -0.15) is 5.10 Å². The molecule has 2 heterocycles. The van der Waals surface area contributed by atoms with Gasteiger partial charge in [-0.3, -0.25) is 9.59 Å². The smallest absolute Gasteiger partial charge is 0.228 e. The van der Waals surface area contributed by atoms with Gasteiger partial charge in [0.25, 0.3) is 0 Å². The van der Waals surface area contributed by atoms with E-state index in [0.717, 1.165) is 52.5 Å². The number of hydrogen-bond acceptors (Lipinski definition) is 3. The summed E-state index contributed by atoms with van der Waals surface area (Å²) in [5, 5.41) is 7.60. The molecule has 4 rings (SSSR count). The molecule has 1 aliphatic rings. The minimum Gasteiger partial charge on any atom is -0.326 e. The van der Waals surface area contributed by atoms with Crippen LogP contribution < -0.4 is 10.2 Å². The molecule has 0 unspecified atom stereocenters. The van der Waals surface area contributed by atoms with Gasteiger partial charge in [-0.1, -0.05) is 18.2 Å². The van der Waals surface area contributed by atoms with Crippen LogP contribution in [0.2, 0.25) is 0 Å². The number of benzene rings is 2. The maximum Gasteiger partial charge on any atom is 0.228 e. The van der Waals surface area contributed by atoms with E-state index in [1.54, 1.807) is 0 Å². The lowest BCUT2D eigenvalue weighted by Crippen LogP contribution is -2.24. The highest BCUT2D eigenvalue weighted by Gasteiger charge is 2.23. The summed E-state index contributed by atoms with van der Waals surface area (Å²) < 4.78 is 1.88. The number of aromatic nitrogens is 2. The normalized spacial score (nSPS) is 13.7. The van der Waals surface area contributed by atoms with Crippen molar-refractivity contribution in [3.05, 3.63) is 71.0 Å². The number of aryl methyl sites for hydroxylation is 2. The Morgan fingerprint density at radius 3 is 2.53 bits per heavy atom. The van der Waals surface area contributed by atoms with Gasteiger partial charge in [0.1, 0.15) is 0 Å². The van der Waals surface area contributed by atoms with Crippen molar-refractivity contribution >= 4 is 23.2 Å². The van der Waals surface area contributed by atoms with Gasteiger partial charge in [0.2, 0.25) is 11.8 Å². The van der Waals surface area contributed by atoms with Crippen molar-refractivity contribution in [1.29, 1.82) is 0 Å². The first-order valence-corrected chi connectivity index (χ1v) is 10.3. The van der Waals surface area contributed by atoms with Crippen LogP contribution in [-0.4, -0.2) is 28.1 Å². The van der Waals surface area contributed by atoms with E-state index in [1.807, 2.05) is 78.9 Å². The van der Waals surface area contributed by atoms with Crippen LogP contribution in [0.25, 0.3) is 5.69 Å². The molecule has 6 heteroatoms. The number of amides is 2. The number of carbonyl (C=O) groups is 2. The van der Waals surface area contributed by atoms with E-state index in [-0.39, 0.29) is 18.2 Å². The molecule has 2 amide bonds. The molecule has 3 aromatic rings. The van der Waals surface area contributed by atoms with Crippen LogP contribution in [0.3, 0.4) is 0 Å². The average Bonchev–Trinajstić information content (AvgIpc) is 3.27. The van der Waals surface area contributed by atoms with Gasteiger partial charge in [-0.15, -0.1) is 0 Å². The van der Waals surface area contributed by atoms with Crippen LogP contribution in [0.15, 0.2) is 48.5 Å². The highest BCUT2D eigenvalue weighted by atomic mass is 16.2. The van der Waals surface area contributed by atoms with E-state index in [0.29, 0.717) is 6.42 Å². The molecular weight excluding hydrogens is 376 g/mol. The fourth-order valence-corrected chi connectivity index (χ4v) is 4.06. The van der Waals surface area contributed by atoms with E-state index in [9.17, 15) is 9.59 Å². The molecule has 0 saturated carbocycles. The Labute approximate surface area is 176 Å². The van der Waals surface area contributed by atoms with Gasteiger partial charge in [-0.25, -0.2) is 4.68 Å². The molecule has 1 aliphatic heterocycles. The van der Waals surface area contributed by atoms with Crippen LogP contribution in [0.4, 0.5) is 11.4 Å². The lowest BCUT2D eigenvalue weighted by molar-refractivity contribution is -0.117. The Morgan fingerprint density at radius 1 is 1.10 bits per heavy atom. The van der Waals surface area contributed by atoms with Crippen molar-refractivity contribution in [3.8, 4) is 5.69 Å². The van der Waals surface area contributed by atoms with Crippen LogP contribution in [0.5, 0.6) is 0 Å². The first-order valence-electron chi connectivity index (χ1n) is 10.3. The lowest BCUT2D eigenvalue weighted by atomic mass is 10.1. The SMILES string of the molecule is Cc1cc(NC(=O)Cc2c(C)nn(-c3ccccc3)c2C)ccc1N1CCCC1=O. The molecule has 1 saturated heterocycles. The number of carbonyl (C=O) groups excluding carboxylic acids is 2. The van der Waals surface area contributed by atoms with Crippen LogP contribution in [-0.2, 0) is 16.0 Å². The largest absolute Gasteiger partial charge is 0.326 e. The van der Waals surface area contributed by atoms with E-state index < -0.39 is 0 Å². The van der Waals surface area contributed by atoms with E-state index in [4.69, 9.17) is 0 Å². The van der Waals surface area contributed by atoms with Crippen molar-refractivity contribution in [2.75, 3.05) is 16.8 Å². The second-order valence-electron chi connectivity index (χ2n) is 7.77. The third-order valence-corrected chi connectivity index (χ3v) is 5.62. The second-order valence-corrected chi connectivity index (χ2v) is 7.77. The minimum atomic E-state index is -0.0850. The summed E-state index contributed by atoms with van der Waals surface area (Å²) in [5.41, 5.74) is 6.37. The third-order valence-electron chi connectivity index (χ3n) is 5.62. The van der Waals surface area contributed by atoms with Gasteiger partial charge < -0.3 is 10.2 Å². The Bertz CT molecular complexity index is 1100. The minimum absolute atomic E-state index is 0.0850. The molecule has 6 nitrogen and oxygen atoms in total. The van der Waals surface area contributed by atoms with Crippen molar-refractivity contribution in [3.63, 3.8) is 0 Å². The Kier molecular flexibility index (Phi) is 5.40. The molecule has 1 fully saturated rings. The number of rotatable bonds is 5. The third kappa shape index (κ3) is 3.85. The topological polar surface area (TPSA) is 67.2 Å². The van der Waals surface area contributed by atoms with Gasteiger partial charge in [0, 0.05) is 35.6 Å². The summed E-state index contributed by atoms with van der Waals surface area (Å²) >= 11 is 0. The quantitative estimate of drug-likeness (QED) is 0.698. The molecule has 1 aromatic heterocycles. The van der Waals surface area contributed by atoms with E-state index in [1.165, 1.54) is 0 Å². The lowest BCUT2D eigenvalue weighted by Gasteiger charge is -2.19. The van der Waals surface area contributed by atoms with Crippen molar-refractivity contribution in [2.45, 2.75) is 40.0 Å². The van der Waals surface area contributed by atoms with Gasteiger partial charge in [-0.05, 0) is 63.1 Å². The van der Waals surface area contributed by atoms with Crippen molar-refractivity contribution in [1.82, 2.24) is 9.78 Å². The number of nitrogens with one attached hydrogen (secondary N) is 1. The predicted molar refractivity (Wildman–Crippen MR) is 118 cm³/mol. The van der Waals surface area contributed by atoms with E-state index >= 15 is 0 Å². The van der Waals surface area contributed by atoms with Gasteiger partial charge in [0.15, 0.2) is 0 Å². The number of hydrogen-bond donors (Lipinski definition) is 1. The molecule has 0 aliphatic carbocycles. The van der Waals surface area contributed by atoms with Gasteiger partial charge >= 0.3 is 0 Å². The summed E-state index contributed by atoms with van der Waals surface area (Å²) in [4.78, 5) is 26.6. The standard InChI is InChI=1S/C24H26N4O2/c1-16-14-19(11-12-22(16)27-13-7-10-24(27)30)25-23(29)15-21-17(2)26-28(18(21)3)20-8-5-4-6-9-20/h4-6,8-9,11-12,14H,7,10,13,15H2,1-3H3,(H,25,29). The highest BCUT2D eigenvalue weighted by Crippen LogP contribution is 2.27. The molecule has 154 valence electrons. The maximum atomic E-state index is 12.7. The monoisotopic (exact) mass is 402 g/mol. The summed E-state index contributed by atoms with van der Waals surface area (Å²) in [5.74, 6) is 0.0782. The second kappa shape index (κ2) is 8.14. The highest BCUT2D eigenvalue weighted by molar-refractivity contribution is 5.97.